The highest BCUT2D eigenvalue weighted by Crippen LogP contribution is 2.58. The van der Waals surface area contributed by atoms with Gasteiger partial charge in [0.1, 0.15) is 11.5 Å². The molecule has 2 aliphatic carbocycles. The minimum absolute atomic E-state index is 0.272. The number of phenolic OH excluding ortho intramolecular Hbond substituents is 2. The normalized spacial score (nSPS) is 13.4. The highest BCUT2D eigenvalue weighted by Gasteiger charge is 2.47. The van der Waals surface area contributed by atoms with Gasteiger partial charge in [0.25, 0.3) is 0 Å². The Balaban J connectivity index is 0.000000959. The van der Waals surface area contributed by atoms with Gasteiger partial charge >= 0.3 is 0 Å². The predicted octanol–water partition coefficient (Wildman–Crippen LogP) is 16.2. The Morgan fingerprint density at radius 1 is 0.308 bits per heavy atom. The third kappa shape index (κ3) is 6.47. The number of hydrogen-bond acceptors (Lipinski definition) is 2. The zero-order chi connectivity index (χ0) is 44.7. The van der Waals surface area contributed by atoms with Crippen molar-refractivity contribution in [1.82, 2.24) is 0 Å². The van der Waals surface area contributed by atoms with E-state index in [2.05, 4.69) is 196 Å². The van der Waals surface area contributed by atoms with E-state index >= 15 is 0 Å². The molecule has 316 valence electrons. The van der Waals surface area contributed by atoms with Crippen LogP contribution >= 0.6 is 0 Å². The standard InChI is InChI=1S/C58H38O2.C3H8.C2H6/c59-47-31-23-39-33-45(29-21-41(39)35-47)57(53-13-5-1-9-49(53)50-10-2-6-14-54(50)57)43-25-17-37(18-26-43)38-19-27-44(28-20-38)58(46-30-22-42-36-48(60)32-24-40(42)34-46)55-15-7-3-11-51(55)52-12-4-8-16-56(52)58;1-3-2;1-2/h1-36,59-60H;3H2,1-2H3;1-2H3. The van der Waals surface area contributed by atoms with E-state index in [0.29, 0.717) is 0 Å². The molecule has 0 aliphatic heterocycles. The maximum absolute atomic E-state index is 10.3. The largest absolute Gasteiger partial charge is 0.508 e. The molecule has 2 aliphatic rings. The van der Waals surface area contributed by atoms with Gasteiger partial charge < -0.3 is 10.2 Å². The summed E-state index contributed by atoms with van der Waals surface area (Å²) in [5.74, 6) is 0.544. The molecule has 0 saturated heterocycles. The second-order valence-corrected chi connectivity index (χ2v) is 17.0. The number of aromatic hydroxyl groups is 2. The Morgan fingerprint density at radius 3 is 0.892 bits per heavy atom. The van der Waals surface area contributed by atoms with E-state index in [1.54, 1.807) is 12.1 Å². The summed E-state index contributed by atoms with van der Waals surface area (Å²) in [6, 6.07) is 78.4. The van der Waals surface area contributed by atoms with Gasteiger partial charge in [0, 0.05) is 0 Å². The quantitative estimate of drug-likeness (QED) is 0.181. The van der Waals surface area contributed by atoms with Crippen LogP contribution in [0.25, 0.3) is 54.9 Å². The van der Waals surface area contributed by atoms with E-state index in [1.165, 1.54) is 73.2 Å². The smallest absolute Gasteiger partial charge is 0.116 e. The predicted molar refractivity (Wildman–Crippen MR) is 272 cm³/mol. The maximum Gasteiger partial charge on any atom is 0.116 e. The first kappa shape index (κ1) is 41.3. The highest BCUT2D eigenvalue weighted by atomic mass is 16.3. The third-order valence-corrected chi connectivity index (χ3v) is 13.4. The molecule has 0 saturated carbocycles. The van der Waals surface area contributed by atoms with Gasteiger partial charge in [-0.3, -0.25) is 0 Å². The van der Waals surface area contributed by atoms with Gasteiger partial charge in [-0.25, -0.2) is 0 Å². The molecule has 10 aromatic rings. The van der Waals surface area contributed by atoms with Gasteiger partial charge in [-0.1, -0.05) is 216 Å². The Labute approximate surface area is 382 Å². The van der Waals surface area contributed by atoms with Crippen molar-refractivity contribution in [1.29, 1.82) is 0 Å². The van der Waals surface area contributed by atoms with Gasteiger partial charge in [0.15, 0.2) is 0 Å². The van der Waals surface area contributed by atoms with Crippen LogP contribution in [0.2, 0.25) is 0 Å². The molecule has 0 aromatic heterocycles. The van der Waals surface area contributed by atoms with Crippen molar-refractivity contribution >= 4 is 21.5 Å². The van der Waals surface area contributed by atoms with Crippen LogP contribution in [0, 0.1) is 0 Å². The molecule has 0 spiro atoms. The molecule has 0 unspecified atom stereocenters. The molecular formula is C63H52O2. The van der Waals surface area contributed by atoms with Crippen molar-refractivity contribution in [2.75, 3.05) is 0 Å². The van der Waals surface area contributed by atoms with E-state index in [0.717, 1.165) is 32.7 Å². The molecule has 12 rings (SSSR count). The summed E-state index contributed by atoms with van der Waals surface area (Å²) >= 11 is 0. The van der Waals surface area contributed by atoms with Crippen LogP contribution < -0.4 is 0 Å². The summed E-state index contributed by atoms with van der Waals surface area (Å²) in [6.45, 7) is 8.25. The number of benzene rings is 10. The molecule has 2 nitrogen and oxygen atoms in total. The Hall–Kier alpha value is -7.68. The molecule has 2 N–H and O–H groups in total. The van der Waals surface area contributed by atoms with Crippen LogP contribution in [-0.2, 0) is 10.8 Å². The zero-order valence-corrected chi connectivity index (χ0v) is 37.4. The zero-order valence-electron chi connectivity index (χ0n) is 37.4. The molecule has 0 bridgehead atoms. The lowest BCUT2D eigenvalue weighted by molar-refractivity contribution is 0.475. The molecule has 65 heavy (non-hydrogen) atoms. The maximum atomic E-state index is 10.3. The summed E-state index contributed by atoms with van der Waals surface area (Å²) in [4.78, 5) is 0. The monoisotopic (exact) mass is 840 g/mol. The molecule has 0 radical (unpaired) electrons. The number of fused-ring (bicyclic) bond motifs is 8. The van der Waals surface area contributed by atoms with Crippen LogP contribution in [0.5, 0.6) is 11.5 Å². The lowest BCUT2D eigenvalue weighted by Gasteiger charge is -2.34. The molecule has 0 amide bonds. The SMILES string of the molecule is CC.CCC.Oc1ccc2cc(C3(c4ccc(-c5ccc(C6(c7ccc8cc(O)ccc8c7)c7ccccc7-c7ccccc76)cc5)cc4)c4ccccc4-c4ccccc43)ccc2c1. The lowest BCUT2D eigenvalue weighted by atomic mass is 9.67. The van der Waals surface area contributed by atoms with E-state index < -0.39 is 10.8 Å². The topological polar surface area (TPSA) is 40.5 Å². The van der Waals surface area contributed by atoms with Gasteiger partial charge in [0.05, 0.1) is 10.8 Å². The summed E-state index contributed by atoms with van der Waals surface area (Å²) in [7, 11) is 0. The van der Waals surface area contributed by atoms with Gasteiger partial charge in [0.2, 0.25) is 0 Å². The first-order valence-electron chi connectivity index (χ1n) is 23.0. The van der Waals surface area contributed by atoms with Crippen molar-refractivity contribution in [2.24, 2.45) is 0 Å². The highest BCUT2D eigenvalue weighted by molar-refractivity contribution is 5.92. The fourth-order valence-electron chi connectivity index (χ4n) is 10.8. The minimum Gasteiger partial charge on any atom is -0.508 e. The van der Waals surface area contributed by atoms with Crippen LogP contribution in [-0.4, -0.2) is 10.2 Å². The Kier molecular flexibility index (Phi) is 10.7. The van der Waals surface area contributed by atoms with Crippen molar-refractivity contribution in [3.05, 3.63) is 263 Å². The minimum atomic E-state index is -0.532. The fourth-order valence-corrected chi connectivity index (χ4v) is 10.8. The van der Waals surface area contributed by atoms with E-state index in [4.69, 9.17) is 0 Å². The number of phenols is 2. The van der Waals surface area contributed by atoms with Crippen LogP contribution in [0.1, 0.15) is 78.6 Å². The second-order valence-electron chi connectivity index (χ2n) is 17.0. The van der Waals surface area contributed by atoms with Crippen molar-refractivity contribution in [3.8, 4) is 44.9 Å². The Bertz CT molecular complexity index is 3040. The van der Waals surface area contributed by atoms with Crippen LogP contribution in [0.3, 0.4) is 0 Å². The van der Waals surface area contributed by atoms with E-state index in [9.17, 15) is 10.2 Å². The average molecular weight is 841 g/mol. The third-order valence-electron chi connectivity index (χ3n) is 13.4. The molecular weight excluding hydrogens is 789 g/mol. The molecule has 0 fully saturated rings. The number of rotatable bonds is 5. The average Bonchev–Trinajstić information content (AvgIpc) is 3.83. The van der Waals surface area contributed by atoms with Gasteiger partial charge in [-0.2, -0.15) is 0 Å². The fraction of sp³-hybridized carbons (Fsp3) is 0.111. The first-order valence-corrected chi connectivity index (χ1v) is 23.0. The first-order chi connectivity index (χ1) is 31.9. The molecule has 10 aromatic carbocycles. The van der Waals surface area contributed by atoms with Crippen molar-refractivity contribution in [2.45, 2.75) is 44.9 Å². The van der Waals surface area contributed by atoms with Crippen LogP contribution in [0.4, 0.5) is 0 Å². The van der Waals surface area contributed by atoms with Crippen LogP contribution in [0.15, 0.2) is 218 Å². The van der Waals surface area contributed by atoms with Crippen molar-refractivity contribution < 1.29 is 10.2 Å². The van der Waals surface area contributed by atoms with Gasteiger partial charge in [-0.15, -0.1) is 0 Å². The molecule has 2 heteroatoms. The summed E-state index contributed by atoms with van der Waals surface area (Å²) in [6.07, 6.45) is 1.25. The molecule has 0 heterocycles. The van der Waals surface area contributed by atoms with E-state index in [-0.39, 0.29) is 11.5 Å². The van der Waals surface area contributed by atoms with Gasteiger partial charge in [-0.05, 0) is 136 Å². The van der Waals surface area contributed by atoms with E-state index in [1.807, 2.05) is 38.1 Å². The van der Waals surface area contributed by atoms with Crippen molar-refractivity contribution in [3.63, 3.8) is 0 Å². The summed E-state index contributed by atoms with van der Waals surface area (Å²) in [5, 5.41) is 24.8. The summed E-state index contributed by atoms with van der Waals surface area (Å²) < 4.78 is 0. The summed E-state index contributed by atoms with van der Waals surface area (Å²) in [5.41, 5.74) is 16.2. The second kappa shape index (κ2) is 16.8. The number of hydrogen-bond donors (Lipinski definition) is 2. The molecule has 0 atom stereocenters. The lowest BCUT2D eigenvalue weighted by Crippen LogP contribution is -2.28. The Morgan fingerprint density at radius 2 is 0.569 bits per heavy atom.